The lowest BCUT2D eigenvalue weighted by atomic mass is 9.99. The maximum Gasteiger partial charge on any atom is 0.0855 e. The lowest BCUT2D eigenvalue weighted by molar-refractivity contribution is -0.0533. The van der Waals surface area contributed by atoms with Crippen molar-refractivity contribution in [3.05, 3.63) is 0 Å². The van der Waals surface area contributed by atoms with Gasteiger partial charge in [-0.3, -0.25) is 4.90 Å². The Kier molecular flexibility index (Phi) is 2.86. The van der Waals surface area contributed by atoms with Gasteiger partial charge in [0.05, 0.1) is 12.7 Å². The van der Waals surface area contributed by atoms with E-state index in [1.165, 1.54) is 13.0 Å². The minimum atomic E-state index is 0.435. The molecule has 2 rings (SSSR count). The summed E-state index contributed by atoms with van der Waals surface area (Å²) in [5, 5.41) is 3.53. The second-order valence-electron chi connectivity index (χ2n) is 4.35. The second-order valence-corrected chi connectivity index (χ2v) is 4.35. The van der Waals surface area contributed by atoms with Crippen molar-refractivity contribution in [2.45, 2.75) is 38.5 Å². The fourth-order valence-corrected chi connectivity index (χ4v) is 2.27. The van der Waals surface area contributed by atoms with Crippen LogP contribution in [0.5, 0.6) is 0 Å². The topological polar surface area (TPSA) is 24.5 Å². The maximum atomic E-state index is 5.76. The van der Waals surface area contributed by atoms with Gasteiger partial charge in [0.2, 0.25) is 0 Å². The molecule has 1 N–H and O–H groups in total. The molecule has 3 heteroatoms. The number of fused-ring (bicyclic) bond motifs is 1. The average molecular weight is 184 g/mol. The second kappa shape index (κ2) is 3.95. The first-order valence-electron chi connectivity index (χ1n) is 5.36. The summed E-state index contributed by atoms with van der Waals surface area (Å²) < 4.78 is 5.76. The van der Waals surface area contributed by atoms with Crippen molar-refractivity contribution < 1.29 is 4.74 Å². The van der Waals surface area contributed by atoms with E-state index in [0.717, 1.165) is 19.7 Å². The van der Waals surface area contributed by atoms with Gasteiger partial charge in [0.1, 0.15) is 0 Å². The first-order valence-corrected chi connectivity index (χ1v) is 5.36. The highest BCUT2D eigenvalue weighted by molar-refractivity contribution is 4.89. The zero-order chi connectivity index (χ0) is 9.26. The van der Waals surface area contributed by atoms with Crippen LogP contribution < -0.4 is 5.32 Å². The van der Waals surface area contributed by atoms with Gasteiger partial charge < -0.3 is 10.1 Å². The van der Waals surface area contributed by atoms with Crippen molar-refractivity contribution in [1.29, 1.82) is 0 Å². The van der Waals surface area contributed by atoms with Crippen LogP contribution in [0.4, 0.5) is 0 Å². The highest BCUT2D eigenvalue weighted by Crippen LogP contribution is 2.18. The number of piperidine rings is 1. The molecule has 2 fully saturated rings. The summed E-state index contributed by atoms with van der Waals surface area (Å²) in [5.74, 6) is 0. The molecular formula is C10H20N2O. The summed E-state index contributed by atoms with van der Waals surface area (Å²) in [4.78, 5) is 2.51. The molecule has 0 amide bonds. The van der Waals surface area contributed by atoms with E-state index in [1.807, 2.05) is 0 Å². The third-order valence-electron chi connectivity index (χ3n) is 3.16. The van der Waals surface area contributed by atoms with Gasteiger partial charge in [0, 0.05) is 31.7 Å². The molecule has 0 aromatic carbocycles. The minimum Gasteiger partial charge on any atom is -0.374 e. The van der Waals surface area contributed by atoms with Gasteiger partial charge in [-0.25, -0.2) is 0 Å². The van der Waals surface area contributed by atoms with Crippen molar-refractivity contribution >= 4 is 0 Å². The van der Waals surface area contributed by atoms with Crippen LogP contribution in [0.2, 0.25) is 0 Å². The molecule has 76 valence electrons. The summed E-state index contributed by atoms with van der Waals surface area (Å²) in [6.45, 7) is 8.76. The number of hydrogen-bond donors (Lipinski definition) is 1. The Morgan fingerprint density at radius 3 is 3.08 bits per heavy atom. The van der Waals surface area contributed by atoms with Crippen molar-refractivity contribution in [3.8, 4) is 0 Å². The van der Waals surface area contributed by atoms with Gasteiger partial charge in [0.15, 0.2) is 0 Å². The van der Waals surface area contributed by atoms with Crippen LogP contribution in [0.15, 0.2) is 0 Å². The molecule has 2 heterocycles. The van der Waals surface area contributed by atoms with Crippen LogP contribution in [0, 0.1) is 0 Å². The number of rotatable bonds is 1. The summed E-state index contributed by atoms with van der Waals surface area (Å²) >= 11 is 0. The number of nitrogens with zero attached hydrogens (tertiary/aromatic N) is 1. The van der Waals surface area contributed by atoms with Crippen LogP contribution in [0.1, 0.15) is 20.3 Å². The van der Waals surface area contributed by atoms with E-state index < -0.39 is 0 Å². The van der Waals surface area contributed by atoms with Crippen molar-refractivity contribution in [2.24, 2.45) is 0 Å². The predicted octanol–water partition coefficient (Wildman–Crippen LogP) is 0.457. The minimum absolute atomic E-state index is 0.435. The highest BCUT2D eigenvalue weighted by Gasteiger charge is 2.32. The van der Waals surface area contributed by atoms with E-state index in [0.29, 0.717) is 18.2 Å². The van der Waals surface area contributed by atoms with Crippen LogP contribution in [0.3, 0.4) is 0 Å². The van der Waals surface area contributed by atoms with E-state index >= 15 is 0 Å². The number of ether oxygens (including phenoxy) is 1. The molecule has 0 saturated carbocycles. The average Bonchev–Trinajstić information content (AvgIpc) is 2.17. The molecule has 2 atom stereocenters. The number of nitrogens with one attached hydrogen (secondary N) is 1. The normalized spacial score (nSPS) is 36.2. The van der Waals surface area contributed by atoms with Gasteiger partial charge in [-0.1, -0.05) is 0 Å². The molecule has 0 radical (unpaired) electrons. The molecule has 13 heavy (non-hydrogen) atoms. The first-order chi connectivity index (χ1) is 6.27. The van der Waals surface area contributed by atoms with E-state index in [1.54, 1.807) is 0 Å². The van der Waals surface area contributed by atoms with Crippen molar-refractivity contribution in [2.75, 3.05) is 26.2 Å². The highest BCUT2D eigenvalue weighted by atomic mass is 16.5. The zero-order valence-corrected chi connectivity index (χ0v) is 8.62. The number of morpholine rings is 1. The molecule has 0 bridgehead atoms. The first kappa shape index (κ1) is 9.44. The van der Waals surface area contributed by atoms with E-state index in [2.05, 4.69) is 24.1 Å². The number of likely N-dealkylation sites (tertiary alicyclic amines) is 1. The predicted molar refractivity (Wildman–Crippen MR) is 52.9 cm³/mol. The fourth-order valence-electron chi connectivity index (χ4n) is 2.27. The molecule has 2 aliphatic heterocycles. The van der Waals surface area contributed by atoms with E-state index in [-0.39, 0.29) is 0 Å². The van der Waals surface area contributed by atoms with Crippen molar-refractivity contribution in [1.82, 2.24) is 10.2 Å². The Labute approximate surface area is 80.4 Å². The smallest absolute Gasteiger partial charge is 0.0855 e. The standard InChI is InChI=1S/C10H20N2O/c1-8(2)12-5-3-9-10(7-12)13-6-4-11-9/h8-11H,3-7H2,1-2H3/t9-,10-/m1/s1. The number of hydrogen-bond acceptors (Lipinski definition) is 3. The maximum absolute atomic E-state index is 5.76. The van der Waals surface area contributed by atoms with Gasteiger partial charge >= 0.3 is 0 Å². The van der Waals surface area contributed by atoms with Crippen molar-refractivity contribution in [3.63, 3.8) is 0 Å². The molecule has 0 aromatic rings. The summed E-state index contributed by atoms with van der Waals surface area (Å²) in [6.07, 6.45) is 1.67. The fraction of sp³-hybridized carbons (Fsp3) is 1.00. The van der Waals surface area contributed by atoms with E-state index in [9.17, 15) is 0 Å². The molecule has 0 aliphatic carbocycles. The van der Waals surface area contributed by atoms with Crippen LogP contribution in [-0.2, 0) is 4.74 Å². The molecule has 2 saturated heterocycles. The Morgan fingerprint density at radius 2 is 2.31 bits per heavy atom. The molecule has 0 aromatic heterocycles. The third-order valence-corrected chi connectivity index (χ3v) is 3.16. The largest absolute Gasteiger partial charge is 0.374 e. The van der Waals surface area contributed by atoms with E-state index in [4.69, 9.17) is 4.74 Å². The molecule has 0 unspecified atom stereocenters. The monoisotopic (exact) mass is 184 g/mol. The quantitative estimate of drug-likeness (QED) is 0.640. The van der Waals surface area contributed by atoms with Gasteiger partial charge in [-0.05, 0) is 20.3 Å². The third kappa shape index (κ3) is 2.03. The SMILES string of the molecule is CC(C)N1CC[C@H]2NCCO[C@@H]2C1. The van der Waals surface area contributed by atoms with Crippen LogP contribution in [-0.4, -0.2) is 49.3 Å². The van der Waals surface area contributed by atoms with Gasteiger partial charge in [-0.15, -0.1) is 0 Å². The van der Waals surface area contributed by atoms with Gasteiger partial charge in [-0.2, -0.15) is 0 Å². The molecule has 2 aliphatic rings. The summed E-state index contributed by atoms with van der Waals surface area (Å²) in [6, 6.07) is 1.27. The lowest BCUT2D eigenvalue weighted by Crippen LogP contribution is -2.58. The Morgan fingerprint density at radius 1 is 1.46 bits per heavy atom. The molecule has 0 spiro atoms. The summed E-state index contributed by atoms with van der Waals surface area (Å²) in [5.41, 5.74) is 0. The Hall–Kier alpha value is -0.120. The van der Waals surface area contributed by atoms with Crippen LogP contribution in [0.25, 0.3) is 0 Å². The van der Waals surface area contributed by atoms with Gasteiger partial charge in [0.25, 0.3) is 0 Å². The molecular weight excluding hydrogens is 164 g/mol. The zero-order valence-electron chi connectivity index (χ0n) is 8.62. The summed E-state index contributed by atoms with van der Waals surface area (Å²) in [7, 11) is 0. The lowest BCUT2D eigenvalue weighted by Gasteiger charge is -2.43. The van der Waals surface area contributed by atoms with Crippen LogP contribution >= 0.6 is 0 Å². The Bertz CT molecular complexity index is 172. The molecule has 3 nitrogen and oxygen atoms in total. The Balaban J connectivity index is 1.91.